The Balaban J connectivity index is 2.81. The Morgan fingerprint density at radius 3 is 2.57 bits per heavy atom. The number of carboxylic acids is 1. The van der Waals surface area contributed by atoms with Crippen molar-refractivity contribution in [2.75, 3.05) is 13.2 Å². The Kier molecular flexibility index (Phi) is 7.54. The topological polar surface area (TPSA) is 119 Å². The van der Waals surface area contributed by atoms with Crippen molar-refractivity contribution in [2.45, 2.75) is 30.7 Å². The Bertz CT molecular complexity index is 674. The van der Waals surface area contributed by atoms with E-state index in [1.165, 1.54) is 24.3 Å². The highest BCUT2D eigenvalue weighted by Crippen LogP contribution is 2.16. The first-order valence-electron chi connectivity index (χ1n) is 6.98. The van der Waals surface area contributed by atoms with Gasteiger partial charge in [0.2, 0.25) is 10.0 Å². The van der Waals surface area contributed by atoms with Crippen molar-refractivity contribution < 1.29 is 23.1 Å². The summed E-state index contributed by atoms with van der Waals surface area (Å²) < 4.78 is 31.9. The van der Waals surface area contributed by atoms with Crippen molar-refractivity contribution in [3.63, 3.8) is 0 Å². The second-order valence-corrected chi connectivity index (χ2v) is 6.34. The summed E-state index contributed by atoms with van der Waals surface area (Å²) in [5, 5.41) is 9.07. The minimum absolute atomic E-state index is 0.0366. The van der Waals surface area contributed by atoms with Crippen LogP contribution >= 0.6 is 0 Å². The lowest BCUT2D eigenvalue weighted by Crippen LogP contribution is -2.40. The highest BCUT2D eigenvalue weighted by molar-refractivity contribution is 7.89. The molecule has 0 heterocycles. The summed E-state index contributed by atoms with van der Waals surface area (Å²) in [6.45, 7) is 2.19. The molecule has 0 radical (unpaired) electrons. The van der Waals surface area contributed by atoms with Crippen LogP contribution in [0.15, 0.2) is 29.2 Å². The first-order valence-corrected chi connectivity index (χ1v) is 8.46. The zero-order chi connectivity index (χ0) is 17.3. The number of aliphatic carboxylic acids is 1. The van der Waals surface area contributed by atoms with Crippen LogP contribution in [-0.2, 0) is 14.8 Å². The molecule has 0 aromatic heterocycles. The average molecular weight is 340 g/mol. The largest absolute Gasteiger partial charge is 0.481 e. The number of benzene rings is 1. The fourth-order valence-electron chi connectivity index (χ4n) is 1.72. The number of rotatable bonds is 9. The molecule has 1 atom stereocenters. The van der Waals surface area contributed by atoms with E-state index in [1.807, 2.05) is 0 Å². The summed E-state index contributed by atoms with van der Waals surface area (Å²) >= 11 is 0. The summed E-state index contributed by atoms with van der Waals surface area (Å²) in [5.41, 5.74) is 5.32. The zero-order valence-electron chi connectivity index (χ0n) is 12.8. The van der Waals surface area contributed by atoms with Crippen LogP contribution in [0.4, 0.5) is 0 Å². The van der Waals surface area contributed by atoms with Gasteiger partial charge in [0.25, 0.3) is 0 Å². The van der Waals surface area contributed by atoms with Crippen LogP contribution < -0.4 is 15.2 Å². The van der Waals surface area contributed by atoms with Gasteiger partial charge in [-0.1, -0.05) is 5.92 Å². The Morgan fingerprint density at radius 1 is 1.39 bits per heavy atom. The predicted octanol–water partition coefficient (Wildman–Crippen LogP) is 0.559. The van der Waals surface area contributed by atoms with Crippen LogP contribution in [-0.4, -0.2) is 38.7 Å². The normalized spacial score (nSPS) is 12.1. The molecule has 0 aliphatic rings. The molecule has 0 spiro atoms. The molecule has 1 aromatic carbocycles. The fraction of sp³-hybridized carbons (Fsp3) is 0.400. The molecule has 0 saturated heterocycles. The molecule has 0 unspecified atom stereocenters. The monoisotopic (exact) mass is 340 g/mol. The van der Waals surface area contributed by atoms with E-state index in [-0.39, 0.29) is 24.5 Å². The third-order valence-electron chi connectivity index (χ3n) is 2.91. The first kappa shape index (κ1) is 19.0. The molecular weight excluding hydrogens is 320 g/mol. The van der Waals surface area contributed by atoms with Gasteiger partial charge >= 0.3 is 5.97 Å². The van der Waals surface area contributed by atoms with E-state index in [0.717, 1.165) is 0 Å². The van der Waals surface area contributed by atoms with Crippen LogP contribution in [0.3, 0.4) is 0 Å². The van der Waals surface area contributed by atoms with Crippen LogP contribution in [0.1, 0.15) is 19.8 Å². The van der Waals surface area contributed by atoms with Gasteiger partial charge in [0.1, 0.15) is 18.4 Å². The van der Waals surface area contributed by atoms with Crippen molar-refractivity contribution in [1.29, 1.82) is 0 Å². The lowest BCUT2D eigenvalue weighted by atomic mass is 10.2. The maximum atomic E-state index is 12.2. The average Bonchev–Trinajstić information content (AvgIpc) is 2.52. The molecule has 23 heavy (non-hydrogen) atoms. The lowest BCUT2D eigenvalue weighted by molar-refractivity contribution is -0.139. The van der Waals surface area contributed by atoms with Gasteiger partial charge in [0.15, 0.2) is 0 Å². The molecule has 0 saturated carbocycles. The molecule has 1 aromatic rings. The number of carboxylic acid groups (broad SMARTS) is 1. The van der Waals surface area contributed by atoms with Crippen molar-refractivity contribution in [3.8, 4) is 17.6 Å². The fourth-order valence-corrected chi connectivity index (χ4v) is 2.94. The minimum atomic E-state index is -3.93. The zero-order valence-corrected chi connectivity index (χ0v) is 13.6. The number of ether oxygens (including phenoxy) is 1. The van der Waals surface area contributed by atoms with E-state index in [0.29, 0.717) is 12.2 Å². The highest BCUT2D eigenvalue weighted by Gasteiger charge is 2.24. The quantitative estimate of drug-likeness (QED) is 0.565. The van der Waals surface area contributed by atoms with E-state index >= 15 is 0 Å². The van der Waals surface area contributed by atoms with Crippen molar-refractivity contribution in [3.05, 3.63) is 24.3 Å². The number of sulfonamides is 1. The molecule has 1 rings (SSSR count). The summed E-state index contributed by atoms with van der Waals surface area (Å²) in [5.74, 6) is 4.64. The van der Waals surface area contributed by atoms with Gasteiger partial charge in [-0.3, -0.25) is 4.79 Å². The van der Waals surface area contributed by atoms with E-state index < -0.39 is 22.0 Å². The standard InChI is InChI=1S/C15H20N2O5S/c1-2-3-11-22-12-6-8-13(9-7-12)23(20,21)17-14(15(18)19)5-4-10-16/h6-9,14,17H,4-5,10-11,16H2,1H3,(H,18,19)/t14-/m1/s1. The number of nitrogens with two attached hydrogens (primary N) is 1. The van der Waals surface area contributed by atoms with Gasteiger partial charge in [0.05, 0.1) is 4.90 Å². The maximum Gasteiger partial charge on any atom is 0.321 e. The number of hydrogen-bond acceptors (Lipinski definition) is 5. The van der Waals surface area contributed by atoms with E-state index in [4.69, 9.17) is 15.6 Å². The van der Waals surface area contributed by atoms with Gasteiger partial charge in [-0.15, -0.1) is 5.92 Å². The highest BCUT2D eigenvalue weighted by atomic mass is 32.2. The maximum absolute atomic E-state index is 12.2. The Labute approximate surface area is 135 Å². The lowest BCUT2D eigenvalue weighted by Gasteiger charge is -2.14. The summed E-state index contributed by atoms with van der Waals surface area (Å²) in [7, 11) is -3.93. The van der Waals surface area contributed by atoms with E-state index in [2.05, 4.69) is 16.6 Å². The molecule has 126 valence electrons. The summed E-state index contributed by atoms with van der Waals surface area (Å²) in [6.07, 6.45) is 0.534. The Morgan fingerprint density at radius 2 is 2.04 bits per heavy atom. The number of carbonyl (C=O) groups is 1. The van der Waals surface area contributed by atoms with Gasteiger partial charge in [0, 0.05) is 0 Å². The molecular formula is C15H20N2O5S. The van der Waals surface area contributed by atoms with Crippen LogP contribution in [0.25, 0.3) is 0 Å². The van der Waals surface area contributed by atoms with Crippen LogP contribution in [0.5, 0.6) is 5.75 Å². The van der Waals surface area contributed by atoms with E-state index in [1.54, 1.807) is 6.92 Å². The second-order valence-electron chi connectivity index (χ2n) is 4.63. The van der Waals surface area contributed by atoms with Gasteiger partial charge in [-0.05, 0) is 50.6 Å². The third-order valence-corrected chi connectivity index (χ3v) is 4.40. The summed E-state index contributed by atoms with van der Waals surface area (Å²) in [6, 6.07) is 4.46. The van der Waals surface area contributed by atoms with Crippen LogP contribution in [0, 0.1) is 11.8 Å². The molecule has 0 aliphatic heterocycles. The van der Waals surface area contributed by atoms with Crippen molar-refractivity contribution in [2.24, 2.45) is 5.73 Å². The van der Waals surface area contributed by atoms with Gasteiger partial charge in [-0.25, -0.2) is 8.42 Å². The van der Waals surface area contributed by atoms with Gasteiger partial charge in [-0.2, -0.15) is 4.72 Å². The minimum Gasteiger partial charge on any atom is -0.481 e. The molecule has 0 bridgehead atoms. The van der Waals surface area contributed by atoms with E-state index in [9.17, 15) is 13.2 Å². The number of hydrogen-bond donors (Lipinski definition) is 3. The number of nitrogens with one attached hydrogen (secondary N) is 1. The molecule has 4 N–H and O–H groups in total. The van der Waals surface area contributed by atoms with Gasteiger partial charge < -0.3 is 15.6 Å². The first-order chi connectivity index (χ1) is 10.9. The predicted molar refractivity (Wildman–Crippen MR) is 85.4 cm³/mol. The van der Waals surface area contributed by atoms with Crippen molar-refractivity contribution >= 4 is 16.0 Å². The smallest absolute Gasteiger partial charge is 0.321 e. The van der Waals surface area contributed by atoms with Crippen molar-refractivity contribution in [1.82, 2.24) is 4.72 Å². The SMILES string of the molecule is CC#CCOc1ccc(S(=O)(=O)N[C@H](CCCN)C(=O)O)cc1. The molecule has 0 fully saturated rings. The summed E-state index contributed by atoms with van der Waals surface area (Å²) in [4.78, 5) is 11.1. The molecule has 8 heteroatoms. The Hall–Kier alpha value is -2.08. The third kappa shape index (κ3) is 6.28. The molecule has 7 nitrogen and oxygen atoms in total. The molecule has 0 amide bonds. The van der Waals surface area contributed by atoms with Crippen LogP contribution in [0.2, 0.25) is 0 Å². The molecule has 0 aliphatic carbocycles. The second kappa shape index (κ2) is 9.15.